The summed E-state index contributed by atoms with van der Waals surface area (Å²) < 4.78 is 2.06. The van der Waals surface area contributed by atoms with E-state index in [0.717, 1.165) is 35.1 Å². The molecule has 0 aromatic heterocycles. The Balaban J connectivity index is -0.000000192. The summed E-state index contributed by atoms with van der Waals surface area (Å²) in [7, 11) is 4.48. The van der Waals surface area contributed by atoms with Crippen molar-refractivity contribution in [3.05, 3.63) is 0 Å². The highest BCUT2D eigenvalue weighted by Gasteiger charge is 2.17. The zero-order valence-electron chi connectivity index (χ0n) is 19.9. The minimum absolute atomic E-state index is 0. The Morgan fingerprint density at radius 2 is 0.821 bits per heavy atom. The van der Waals surface area contributed by atoms with Gasteiger partial charge in [0.2, 0.25) is 0 Å². The van der Waals surface area contributed by atoms with Crippen molar-refractivity contribution < 1.29 is 67.1 Å². The third-order valence-electron chi connectivity index (χ3n) is 5.91. The van der Waals surface area contributed by atoms with E-state index >= 15 is 0 Å². The van der Waals surface area contributed by atoms with E-state index in [1.54, 1.807) is 0 Å². The van der Waals surface area contributed by atoms with E-state index < -0.39 is 0 Å². The second kappa shape index (κ2) is 24.6. The van der Waals surface area contributed by atoms with E-state index in [4.69, 9.17) is 10.2 Å². The summed E-state index contributed by atoms with van der Waals surface area (Å²) in [5.74, 6) is 0. The summed E-state index contributed by atoms with van der Waals surface area (Å²) >= 11 is 0. The molecule has 28 heavy (non-hydrogen) atoms. The molecule has 0 saturated carbocycles. The van der Waals surface area contributed by atoms with Crippen LogP contribution in [0, 0.1) is 0 Å². The van der Waals surface area contributed by atoms with Crippen LogP contribution in [-0.4, -0.2) is 85.8 Å². The summed E-state index contributed by atoms with van der Waals surface area (Å²) in [4.78, 5) is 0. The van der Waals surface area contributed by atoms with Gasteiger partial charge in [-0.25, -0.2) is 0 Å². The van der Waals surface area contributed by atoms with E-state index in [1.165, 1.54) is 64.5 Å². The lowest BCUT2D eigenvalue weighted by molar-refractivity contribution is -0.908. The van der Waals surface area contributed by atoms with Crippen LogP contribution in [0.1, 0.15) is 79.1 Å². The quantitative estimate of drug-likeness (QED) is 0.119. The van der Waals surface area contributed by atoms with Gasteiger partial charge in [0.1, 0.15) is 13.1 Å². The predicted octanol–water partition coefficient (Wildman–Crippen LogP) is -1.94. The minimum Gasteiger partial charge on any atom is -1.00 e. The van der Waals surface area contributed by atoms with Crippen LogP contribution in [-0.2, 0) is 0 Å². The fourth-order valence-electron chi connectivity index (χ4n) is 3.18. The number of hydrogen-bond acceptors (Lipinski definition) is 2. The molecule has 0 fully saturated rings. The molecular formula is C22H52I2N2O2. The highest BCUT2D eigenvalue weighted by atomic mass is 127. The molecule has 4 nitrogen and oxygen atoms in total. The van der Waals surface area contributed by atoms with Gasteiger partial charge in [0.25, 0.3) is 0 Å². The zero-order chi connectivity index (χ0) is 20.3. The van der Waals surface area contributed by atoms with Gasteiger partial charge < -0.3 is 67.1 Å². The molecule has 2 unspecified atom stereocenters. The Labute approximate surface area is 211 Å². The second-order valence-corrected chi connectivity index (χ2v) is 8.33. The summed E-state index contributed by atoms with van der Waals surface area (Å²) in [5.41, 5.74) is 0. The fraction of sp³-hybridized carbons (Fsp3) is 1.00. The van der Waals surface area contributed by atoms with Crippen LogP contribution in [0.25, 0.3) is 0 Å². The Bertz CT molecular complexity index is 272. The largest absolute Gasteiger partial charge is 1.00 e. The molecule has 0 amide bonds. The van der Waals surface area contributed by atoms with Crippen molar-refractivity contribution in [3.63, 3.8) is 0 Å². The first-order chi connectivity index (χ1) is 12.4. The van der Waals surface area contributed by atoms with Crippen LogP contribution < -0.4 is 48.0 Å². The average Bonchev–Trinajstić information content (AvgIpc) is 2.63. The van der Waals surface area contributed by atoms with Gasteiger partial charge in [-0.05, 0) is 39.5 Å². The Morgan fingerprint density at radius 1 is 0.500 bits per heavy atom. The fourth-order valence-corrected chi connectivity index (χ4v) is 3.18. The minimum atomic E-state index is 0. The molecule has 6 heteroatoms. The van der Waals surface area contributed by atoms with Crippen molar-refractivity contribution in [1.29, 1.82) is 0 Å². The molecule has 0 heterocycles. The van der Waals surface area contributed by atoms with Crippen LogP contribution in [0.2, 0.25) is 0 Å². The van der Waals surface area contributed by atoms with Crippen molar-refractivity contribution in [3.8, 4) is 0 Å². The molecule has 0 bridgehead atoms. The summed E-state index contributed by atoms with van der Waals surface area (Å²) in [6.45, 7) is 16.0. The van der Waals surface area contributed by atoms with E-state index in [-0.39, 0.29) is 48.0 Å². The standard InChI is InChI=1S/2C11H26NO.2HI/c2*1-4-6-7-8-9-12(3,5-2)10-11-13;;/h2*13H,4-11H2,1-3H3;2*1H/q2*+1;;/p-2. The molecule has 0 saturated heterocycles. The maximum Gasteiger partial charge on any atom is 0.102 e. The highest BCUT2D eigenvalue weighted by molar-refractivity contribution is 4.43. The van der Waals surface area contributed by atoms with E-state index in [2.05, 4.69) is 41.8 Å². The van der Waals surface area contributed by atoms with Gasteiger partial charge in [-0.3, -0.25) is 0 Å². The molecular weight excluding hydrogens is 578 g/mol. The van der Waals surface area contributed by atoms with Gasteiger partial charge in [0, 0.05) is 0 Å². The lowest BCUT2D eigenvalue weighted by Gasteiger charge is -2.32. The number of quaternary nitrogens is 2. The zero-order valence-corrected chi connectivity index (χ0v) is 24.2. The van der Waals surface area contributed by atoms with Crippen LogP contribution in [0.3, 0.4) is 0 Å². The molecule has 176 valence electrons. The number of aliphatic hydroxyl groups excluding tert-OH is 2. The molecule has 0 spiro atoms. The monoisotopic (exact) mass is 630 g/mol. The van der Waals surface area contributed by atoms with Crippen LogP contribution in [0.5, 0.6) is 0 Å². The molecule has 0 aliphatic carbocycles. The van der Waals surface area contributed by atoms with Crippen molar-refractivity contribution in [2.24, 2.45) is 0 Å². The lowest BCUT2D eigenvalue weighted by atomic mass is 10.2. The highest BCUT2D eigenvalue weighted by Crippen LogP contribution is 2.08. The number of aliphatic hydroxyl groups is 2. The SMILES string of the molecule is CCCCCC[N+](C)(CC)CCO.CCCCCC[N+](C)(CC)CCO.[I-].[I-]. The first-order valence-electron chi connectivity index (χ1n) is 11.3. The van der Waals surface area contributed by atoms with Gasteiger partial charge in [-0.1, -0.05) is 39.5 Å². The summed E-state index contributed by atoms with van der Waals surface area (Å²) in [6, 6.07) is 0. The van der Waals surface area contributed by atoms with Gasteiger partial charge >= 0.3 is 0 Å². The number of rotatable bonds is 16. The van der Waals surface area contributed by atoms with Crippen LogP contribution in [0.4, 0.5) is 0 Å². The molecule has 0 aliphatic rings. The van der Waals surface area contributed by atoms with Crippen molar-refractivity contribution in [2.75, 3.05) is 66.6 Å². The maximum atomic E-state index is 8.92. The predicted molar refractivity (Wildman–Crippen MR) is 115 cm³/mol. The van der Waals surface area contributed by atoms with Crippen molar-refractivity contribution in [1.82, 2.24) is 0 Å². The van der Waals surface area contributed by atoms with Crippen molar-refractivity contribution >= 4 is 0 Å². The molecule has 0 aromatic carbocycles. The lowest BCUT2D eigenvalue weighted by Crippen LogP contribution is -3.00. The molecule has 0 aliphatic heterocycles. The van der Waals surface area contributed by atoms with E-state index in [1.807, 2.05) is 0 Å². The smallest absolute Gasteiger partial charge is 0.102 e. The normalized spacial score (nSPS) is 14.6. The third kappa shape index (κ3) is 22.0. The number of unbranched alkanes of at least 4 members (excludes halogenated alkanes) is 6. The van der Waals surface area contributed by atoms with Gasteiger partial charge in [-0.2, -0.15) is 0 Å². The summed E-state index contributed by atoms with van der Waals surface area (Å²) in [6.07, 6.45) is 10.6. The van der Waals surface area contributed by atoms with E-state index in [0.29, 0.717) is 13.2 Å². The second-order valence-electron chi connectivity index (χ2n) is 8.33. The molecule has 0 aromatic rings. The van der Waals surface area contributed by atoms with Gasteiger partial charge in [0.15, 0.2) is 0 Å². The van der Waals surface area contributed by atoms with Gasteiger partial charge in [-0.15, -0.1) is 0 Å². The molecule has 0 rings (SSSR count). The van der Waals surface area contributed by atoms with Crippen LogP contribution in [0.15, 0.2) is 0 Å². The third-order valence-corrected chi connectivity index (χ3v) is 5.91. The molecule has 2 atom stereocenters. The molecule has 0 radical (unpaired) electrons. The Morgan fingerprint density at radius 3 is 1.04 bits per heavy atom. The van der Waals surface area contributed by atoms with E-state index in [9.17, 15) is 0 Å². The average molecular weight is 630 g/mol. The Kier molecular flexibility index (Phi) is 32.2. The van der Waals surface area contributed by atoms with Gasteiger partial charge in [0.05, 0.1) is 53.5 Å². The van der Waals surface area contributed by atoms with Crippen LogP contribution >= 0.6 is 0 Å². The first-order valence-corrected chi connectivity index (χ1v) is 11.3. The maximum absolute atomic E-state index is 8.92. The Hall–Kier alpha value is 1.30. The number of nitrogens with zero attached hydrogens (tertiary/aromatic N) is 2. The summed E-state index contributed by atoms with van der Waals surface area (Å²) in [5, 5.41) is 17.8. The topological polar surface area (TPSA) is 40.5 Å². The first kappa shape index (κ1) is 36.7. The number of halogens is 2. The molecule has 2 N–H and O–H groups in total. The van der Waals surface area contributed by atoms with Crippen molar-refractivity contribution in [2.45, 2.75) is 79.1 Å². The number of hydrogen-bond donors (Lipinski definition) is 2. The number of likely N-dealkylation sites (N-methyl/N-ethyl adjacent to an activating group) is 2.